The fourth-order valence-corrected chi connectivity index (χ4v) is 3.14. The monoisotopic (exact) mass is 270 g/mol. The topological polar surface area (TPSA) is 61.8 Å². The summed E-state index contributed by atoms with van der Waals surface area (Å²) in [5, 5.41) is 13.7. The van der Waals surface area contributed by atoms with Gasteiger partial charge in [-0.2, -0.15) is 0 Å². The Morgan fingerprint density at radius 2 is 2.16 bits per heavy atom. The molecular weight excluding hydrogens is 244 g/mol. The second-order valence-corrected chi connectivity index (χ2v) is 6.97. The lowest BCUT2D eigenvalue weighted by molar-refractivity contribution is -0.0613. The van der Waals surface area contributed by atoms with Crippen molar-refractivity contribution in [1.82, 2.24) is 10.2 Å². The van der Waals surface area contributed by atoms with Crippen LogP contribution in [0.3, 0.4) is 0 Å². The highest BCUT2D eigenvalue weighted by atomic mass is 16.6. The van der Waals surface area contributed by atoms with Crippen molar-refractivity contribution in [3.63, 3.8) is 0 Å². The minimum Gasteiger partial charge on any atom is -0.444 e. The van der Waals surface area contributed by atoms with E-state index in [1.165, 1.54) is 0 Å². The number of ether oxygens (including phenoxy) is 1. The number of amides is 1. The van der Waals surface area contributed by atoms with Crippen LogP contribution in [-0.2, 0) is 4.74 Å². The molecule has 2 rings (SSSR count). The first-order valence-corrected chi connectivity index (χ1v) is 7.11. The number of carbonyl (C=O) groups is 1. The lowest BCUT2D eigenvalue weighted by Crippen LogP contribution is -2.57. The Labute approximate surface area is 115 Å². The Morgan fingerprint density at radius 1 is 1.47 bits per heavy atom. The van der Waals surface area contributed by atoms with Crippen LogP contribution >= 0.6 is 0 Å². The molecule has 0 aromatic carbocycles. The molecule has 5 nitrogen and oxygen atoms in total. The van der Waals surface area contributed by atoms with Crippen LogP contribution in [0.15, 0.2) is 0 Å². The van der Waals surface area contributed by atoms with E-state index in [0.717, 1.165) is 13.1 Å². The fraction of sp³-hybridized carbons (Fsp3) is 0.929. The third-order valence-electron chi connectivity index (χ3n) is 4.36. The molecule has 2 saturated heterocycles. The zero-order valence-corrected chi connectivity index (χ0v) is 12.4. The van der Waals surface area contributed by atoms with Gasteiger partial charge < -0.3 is 20.1 Å². The number of hydrogen-bond donors (Lipinski definition) is 2. The third-order valence-corrected chi connectivity index (χ3v) is 4.36. The lowest BCUT2D eigenvalue weighted by atomic mass is 9.71. The maximum absolute atomic E-state index is 12.2. The van der Waals surface area contributed by atoms with Crippen LogP contribution in [0.4, 0.5) is 4.79 Å². The molecule has 0 radical (unpaired) electrons. The number of piperidine rings is 1. The number of carbonyl (C=O) groups excluding carboxylic acids is 1. The van der Waals surface area contributed by atoms with E-state index in [4.69, 9.17) is 4.74 Å². The van der Waals surface area contributed by atoms with Crippen molar-refractivity contribution in [2.24, 2.45) is 11.3 Å². The number of nitrogens with zero attached hydrogens (tertiary/aromatic N) is 1. The molecule has 2 fully saturated rings. The number of hydrogen-bond acceptors (Lipinski definition) is 4. The molecule has 0 aromatic rings. The first-order valence-electron chi connectivity index (χ1n) is 7.11. The quantitative estimate of drug-likeness (QED) is 0.694. The largest absolute Gasteiger partial charge is 0.444 e. The number of aliphatic hydroxyl groups excluding tert-OH is 1. The molecule has 110 valence electrons. The first kappa shape index (κ1) is 14.6. The van der Waals surface area contributed by atoms with Gasteiger partial charge >= 0.3 is 6.09 Å². The van der Waals surface area contributed by atoms with Crippen LogP contribution in [0.25, 0.3) is 0 Å². The van der Waals surface area contributed by atoms with Crippen LogP contribution in [0, 0.1) is 11.3 Å². The predicted octanol–water partition coefficient (Wildman–Crippen LogP) is 1.21. The van der Waals surface area contributed by atoms with Crippen molar-refractivity contribution >= 4 is 6.09 Å². The van der Waals surface area contributed by atoms with Crippen molar-refractivity contribution < 1.29 is 14.6 Å². The van der Waals surface area contributed by atoms with Crippen LogP contribution < -0.4 is 5.32 Å². The highest BCUT2D eigenvalue weighted by Gasteiger charge is 2.50. The van der Waals surface area contributed by atoms with Crippen molar-refractivity contribution in [3.05, 3.63) is 0 Å². The number of rotatable bonds is 0. The van der Waals surface area contributed by atoms with Crippen LogP contribution in [0.5, 0.6) is 0 Å². The molecule has 1 spiro atoms. The predicted molar refractivity (Wildman–Crippen MR) is 72.9 cm³/mol. The van der Waals surface area contributed by atoms with Gasteiger partial charge in [0.25, 0.3) is 0 Å². The van der Waals surface area contributed by atoms with Crippen molar-refractivity contribution in [3.8, 4) is 0 Å². The molecular formula is C14H26N2O3. The van der Waals surface area contributed by atoms with E-state index < -0.39 is 5.60 Å². The van der Waals surface area contributed by atoms with E-state index in [1.807, 2.05) is 20.8 Å². The summed E-state index contributed by atoms with van der Waals surface area (Å²) in [6.07, 6.45) is 0.0275. The normalized spacial score (nSPS) is 35.7. The minimum atomic E-state index is -0.472. The summed E-state index contributed by atoms with van der Waals surface area (Å²) in [6.45, 7) is 10.6. The van der Waals surface area contributed by atoms with Gasteiger partial charge in [0.05, 0.1) is 6.10 Å². The molecule has 0 bridgehead atoms. The van der Waals surface area contributed by atoms with Gasteiger partial charge in [-0.05, 0) is 39.7 Å². The maximum atomic E-state index is 12.2. The van der Waals surface area contributed by atoms with Crippen LogP contribution in [0.1, 0.15) is 34.1 Å². The summed E-state index contributed by atoms with van der Waals surface area (Å²) in [4.78, 5) is 13.9. The maximum Gasteiger partial charge on any atom is 0.410 e. The molecule has 0 saturated carbocycles. The SMILES string of the molecule is CC1CNCC12CN(C(=O)OC(C)(C)C)CCC2O. The molecule has 2 aliphatic heterocycles. The smallest absolute Gasteiger partial charge is 0.410 e. The van der Waals surface area contributed by atoms with Gasteiger partial charge in [0, 0.05) is 25.0 Å². The van der Waals surface area contributed by atoms with E-state index in [1.54, 1.807) is 4.90 Å². The van der Waals surface area contributed by atoms with Gasteiger partial charge in [0.1, 0.15) is 5.60 Å². The average Bonchev–Trinajstić information content (AvgIpc) is 2.63. The molecule has 3 atom stereocenters. The summed E-state index contributed by atoms with van der Waals surface area (Å²) < 4.78 is 5.44. The molecule has 3 unspecified atom stereocenters. The van der Waals surface area contributed by atoms with Gasteiger partial charge in [-0.25, -0.2) is 4.79 Å². The number of aliphatic hydroxyl groups is 1. The van der Waals surface area contributed by atoms with Crippen molar-refractivity contribution in [1.29, 1.82) is 0 Å². The Balaban J connectivity index is 2.07. The van der Waals surface area contributed by atoms with Gasteiger partial charge in [-0.1, -0.05) is 6.92 Å². The number of likely N-dealkylation sites (tertiary alicyclic amines) is 1. The van der Waals surface area contributed by atoms with Crippen molar-refractivity contribution in [2.75, 3.05) is 26.2 Å². The Kier molecular flexibility index (Phi) is 3.80. The van der Waals surface area contributed by atoms with E-state index in [-0.39, 0.29) is 17.6 Å². The molecule has 1 amide bonds. The Bertz CT molecular complexity index is 353. The third kappa shape index (κ3) is 2.87. The standard InChI is InChI=1S/C14H26N2O3/c1-10-7-15-8-14(10)9-16(6-5-11(14)17)12(18)19-13(2,3)4/h10-11,15,17H,5-9H2,1-4H3. The van der Waals surface area contributed by atoms with Gasteiger partial charge in [-0.15, -0.1) is 0 Å². The average molecular weight is 270 g/mol. The Hall–Kier alpha value is -0.810. The second kappa shape index (κ2) is 4.94. The molecule has 19 heavy (non-hydrogen) atoms. The van der Waals surface area contributed by atoms with Gasteiger partial charge in [-0.3, -0.25) is 0 Å². The van der Waals surface area contributed by atoms with Crippen LogP contribution in [-0.4, -0.2) is 54.0 Å². The molecule has 0 aromatic heterocycles. The fourth-order valence-electron chi connectivity index (χ4n) is 3.14. The van der Waals surface area contributed by atoms with Gasteiger partial charge in [0.2, 0.25) is 0 Å². The zero-order chi connectivity index (χ0) is 14.3. The van der Waals surface area contributed by atoms with Crippen molar-refractivity contribution in [2.45, 2.75) is 45.8 Å². The highest BCUT2D eigenvalue weighted by molar-refractivity contribution is 5.68. The summed E-state index contributed by atoms with van der Waals surface area (Å²) in [6, 6.07) is 0. The van der Waals surface area contributed by atoms with E-state index in [9.17, 15) is 9.90 Å². The highest BCUT2D eigenvalue weighted by Crippen LogP contribution is 2.40. The Morgan fingerprint density at radius 3 is 2.68 bits per heavy atom. The van der Waals surface area contributed by atoms with E-state index >= 15 is 0 Å². The minimum absolute atomic E-state index is 0.213. The summed E-state index contributed by atoms with van der Waals surface area (Å²) >= 11 is 0. The summed E-state index contributed by atoms with van der Waals surface area (Å²) in [5.41, 5.74) is -0.686. The summed E-state index contributed by atoms with van der Waals surface area (Å²) in [5.74, 6) is 0.368. The first-order chi connectivity index (χ1) is 8.74. The van der Waals surface area contributed by atoms with E-state index in [2.05, 4.69) is 12.2 Å². The molecule has 2 heterocycles. The molecule has 0 aliphatic carbocycles. The molecule has 2 aliphatic rings. The summed E-state index contributed by atoms with van der Waals surface area (Å²) in [7, 11) is 0. The second-order valence-electron chi connectivity index (χ2n) is 6.97. The zero-order valence-electron chi connectivity index (χ0n) is 12.4. The van der Waals surface area contributed by atoms with E-state index in [0.29, 0.717) is 25.4 Å². The molecule has 2 N–H and O–H groups in total. The number of nitrogens with one attached hydrogen (secondary N) is 1. The van der Waals surface area contributed by atoms with Crippen LogP contribution in [0.2, 0.25) is 0 Å². The molecule has 5 heteroatoms. The lowest BCUT2D eigenvalue weighted by Gasteiger charge is -2.46. The van der Waals surface area contributed by atoms with Gasteiger partial charge in [0.15, 0.2) is 0 Å².